The quantitative estimate of drug-likeness (QED) is 0.377. The van der Waals surface area contributed by atoms with Gasteiger partial charge in [-0.15, -0.1) is 0 Å². The highest BCUT2D eigenvalue weighted by Gasteiger charge is 2.35. The predicted octanol–water partition coefficient (Wildman–Crippen LogP) is 3.92. The van der Waals surface area contributed by atoms with Crippen molar-refractivity contribution in [1.82, 2.24) is 9.80 Å². The smallest absolute Gasteiger partial charge is 0.269 e. The van der Waals surface area contributed by atoms with E-state index in [1.54, 1.807) is 0 Å². The Bertz CT molecular complexity index is 1050. The van der Waals surface area contributed by atoms with Crippen LogP contribution in [0.4, 0.5) is 5.69 Å². The summed E-state index contributed by atoms with van der Waals surface area (Å²) in [4.78, 5) is 50.9. The van der Waals surface area contributed by atoms with Crippen LogP contribution >= 0.6 is 11.6 Å². The number of hydrogen-bond donors (Lipinski definition) is 0. The Morgan fingerprint density at radius 1 is 1.13 bits per heavy atom. The molecule has 0 radical (unpaired) electrons. The molecule has 0 spiro atoms. The summed E-state index contributed by atoms with van der Waals surface area (Å²) in [5, 5.41) is 11.3. The van der Waals surface area contributed by atoms with Crippen LogP contribution in [0.25, 0.3) is 0 Å². The number of nitro groups is 1. The van der Waals surface area contributed by atoms with Gasteiger partial charge in [-0.25, -0.2) is 0 Å². The van der Waals surface area contributed by atoms with Crippen molar-refractivity contribution in [2.24, 2.45) is 0 Å². The molecule has 1 heterocycles. The normalized spacial score (nSPS) is 12.8. The highest BCUT2D eigenvalue weighted by molar-refractivity contribution is 6.31. The molecule has 0 unspecified atom stereocenters. The number of carbonyl (C=O) groups excluding carboxylic acids is 3. The lowest BCUT2D eigenvalue weighted by atomic mass is 10.0. The summed E-state index contributed by atoms with van der Waals surface area (Å²) in [7, 11) is 1.53. The van der Waals surface area contributed by atoms with Crippen LogP contribution in [-0.4, -0.2) is 46.0 Å². The lowest BCUT2D eigenvalue weighted by molar-refractivity contribution is -0.384. The standard InChI is InChI=1S/C21H20ClN3O5/c1-3-4-9-24-20(27)16-7-5-13(11-17(16)21(24)28)19(26)23(2)12-14-10-15(25(29)30)6-8-18(14)22/h5-8,10-11H,3-4,9,12H2,1-2H3. The molecule has 30 heavy (non-hydrogen) atoms. The van der Waals surface area contributed by atoms with Crippen LogP contribution in [0.3, 0.4) is 0 Å². The first kappa shape index (κ1) is 21.4. The lowest BCUT2D eigenvalue weighted by Gasteiger charge is -2.18. The van der Waals surface area contributed by atoms with Crippen LogP contribution < -0.4 is 0 Å². The molecule has 0 saturated carbocycles. The Hall–Kier alpha value is -3.26. The van der Waals surface area contributed by atoms with Gasteiger partial charge in [-0.3, -0.25) is 29.4 Å². The molecule has 1 aliphatic heterocycles. The van der Waals surface area contributed by atoms with Gasteiger partial charge in [-0.05, 0) is 36.2 Å². The third-order valence-corrected chi connectivity index (χ3v) is 5.32. The average molecular weight is 430 g/mol. The monoisotopic (exact) mass is 429 g/mol. The fraction of sp³-hybridized carbons (Fsp3) is 0.286. The second-order valence-electron chi connectivity index (χ2n) is 7.07. The third-order valence-electron chi connectivity index (χ3n) is 4.95. The molecular weight excluding hydrogens is 410 g/mol. The van der Waals surface area contributed by atoms with Crippen molar-refractivity contribution in [2.75, 3.05) is 13.6 Å². The number of hydrogen-bond acceptors (Lipinski definition) is 5. The molecule has 0 aromatic heterocycles. The van der Waals surface area contributed by atoms with E-state index in [4.69, 9.17) is 11.6 Å². The molecule has 0 bridgehead atoms. The van der Waals surface area contributed by atoms with E-state index in [1.165, 1.54) is 53.2 Å². The minimum absolute atomic E-state index is 0.0476. The van der Waals surface area contributed by atoms with Crippen molar-refractivity contribution in [2.45, 2.75) is 26.3 Å². The first-order valence-corrected chi connectivity index (χ1v) is 9.81. The van der Waals surface area contributed by atoms with Crippen LogP contribution in [0.2, 0.25) is 5.02 Å². The SMILES string of the molecule is CCCCN1C(=O)c2ccc(C(=O)N(C)Cc3cc([N+](=O)[O-])ccc3Cl)cc2C1=O. The molecule has 0 saturated heterocycles. The number of unbranched alkanes of at least 4 members (excludes halogenated alkanes) is 1. The van der Waals surface area contributed by atoms with Crippen molar-refractivity contribution in [3.63, 3.8) is 0 Å². The summed E-state index contributed by atoms with van der Waals surface area (Å²) in [5.41, 5.74) is 1.06. The van der Waals surface area contributed by atoms with Gasteiger partial charge in [0, 0.05) is 42.9 Å². The summed E-state index contributed by atoms with van der Waals surface area (Å²) in [5.74, 6) is -1.14. The van der Waals surface area contributed by atoms with Gasteiger partial charge in [-0.2, -0.15) is 0 Å². The maximum atomic E-state index is 12.9. The maximum Gasteiger partial charge on any atom is 0.269 e. The summed E-state index contributed by atoms with van der Waals surface area (Å²) in [6.07, 6.45) is 1.56. The van der Waals surface area contributed by atoms with E-state index in [0.29, 0.717) is 23.6 Å². The zero-order chi connectivity index (χ0) is 22.0. The summed E-state index contributed by atoms with van der Waals surface area (Å²) < 4.78 is 0. The number of imide groups is 1. The van der Waals surface area contributed by atoms with Gasteiger partial charge in [-0.1, -0.05) is 24.9 Å². The molecule has 8 nitrogen and oxygen atoms in total. The molecule has 1 aliphatic rings. The fourth-order valence-electron chi connectivity index (χ4n) is 3.29. The van der Waals surface area contributed by atoms with Crippen molar-refractivity contribution < 1.29 is 19.3 Å². The average Bonchev–Trinajstić information content (AvgIpc) is 2.96. The van der Waals surface area contributed by atoms with Crippen LogP contribution in [0.15, 0.2) is 36.4 Å². The first-order chi connectivity index (χ1) is 14.2. The molecular formula is C21H20ClN3O5. The van der Waals surface area contributed by atoms with Crippen molar-refractivity contribution >= 4 is 35.0 Å². The number of amides is 3. The van der Waals surface area contributed by atoms with Gasteiger partial charge in [0.1, 0.15) is 0 Å². The number of rotatable bonds is 7. The Kier molecular flexibility index (Phi) is 6.17. The van der Waals surface area contributed by atoms with Crippen LogP contribution in [-0.2, 0) is 6.54 Å². The number of non-ortho nitro benzene ring substituents is 1. The maximum absolute atomic E-state index is 12.9. The molecule has 3 amide bonds. The van der Waals surface area contributed by atoms with Crippen LogP contribution in [0.5, 0.6) is 0 Å². The van der Waals surface area contributed by atoms with E-state index in [0.717, 1.165) is 6.42 Å². The fourth-order valence-corrected chi connectivity index (χ4v) is 3.46. The number of nitrogens with zero attached hydrogens (tertiary/aromatic N) is 3. The van der Waals surface area contributed by atoms with E-state index in [-0.39, 0.29) is 34.8 Å². The highest BCUT2D eigenvalue weighted by Crippen LogP contribution is 2.26. The summed E-state index contributed by atoms with van der Waals surface area (Å²) in [6.45, 7) is 2.36. The minimum Gasteiger partial charge on any atom is -0.337 e. The molecule has 0 fully saturated rings. The Morgan fingerprint density at radius 3 is 2.50 bits per heavy atom. The third kappa shape index (κ3) is 4.04. The van der Waals surface area contributed by atoms with Gasteiger partial charge < -0.3 is 4.90 Å². The Labute approximate surface area is 178 Å². The van der Waals surface area contributed by atoms with Crippen molar-refractivity contribution in [3.05, 3.63) is 73.8 Å². The molecule has 0 N–H and O–H groups in total. The van der Waals surface area contributed by atoms with Gasteiger partial charge in [0.15, 0.2) is 0 Å². The van der Waals surface area contributed by atoms with Gasteiger partial charge >= 0.3 is 0 Å². The Balaban J connectivity index is 1.81. The van der Waals surface area contributed by atoms with Crippen LogP contribution in [0.1, 0.15) is 56.4 Å². The molecule has 0 aliphatic carbocycles. The summed E-state index contributed by atoms with van der Waals surface area (Å²) >= 11 is 6.12. The van der Waals surface area contributed by atoms with Gasteiger partial charge in [0.2, 0.25) is 0 Å². The van der Waals surface area contributed by atoms with Crippen molar-refractivity contribution in [1.29, 1.82) is 0 Å². The van der Waals surface area contributed by atoms with E-state index in [1.807, 2.05) is 6.92 Å². The Morgan fingerprint density at radius 2 is 1.83 bits per heavy atom. The van der Waals surface area contributed by atoms with Crippen molar-refractivity contribution in [3.8, 4) is 0 Å². The number of halogens is 1. The largest absolute Gasteiger partial charge is 0.337 e. The topological polar surface area (TPSA) is 101 Å². The second kappa shape index (κ2) is 8.62. The predicted molar refractivity (Wildman–Crippen MR) is 111 cm³/mol. The molecule has 0 atom stereocenters. The highest BCUT2D eigenvalue weighted by atomic mass is 35.5. The minimum atomic E-state index is -0.533. The van der Waals surface area contributed by atoms with E-state index in [2.05, 4.69) is 0 Å². The number of carbonyl (C=O) groups is 3. The number of fused-ring (bicyclic) bond motifs is 1. The van der Waals surface area contributed by atoms with E-state index < -0.39 is 16.7 Å². The van der Waals surface area contributed by atoms with E-state index >= 15 is 0 Å². The zero-order valence-electron chi connectivity index (χ0n) is 16.6. The molecule has 2 aromatic rings. The first-order valence-electron chi connectivity index (χ1n) is 9.43. The molecule has 9 heteroatoms. The molecule has 3 rings (SSSR count). The van der Waals surface area contributed by atoms with Gasteiger partial charge in [0.05, 0.1) is 16.1 Å². The zero-order valence-corrected chi connectivity index (χ0v) is 17.3. The van der Waals surface area contributed by atoms with Gasteiger partial charge in [0.25, 0.3) is 23.4 Å². The lowest BCUT2D eigenvalue weighted by Crippen LogP contribution is -2.30. The molecule has 2 aromatic carbocycles. The van der Waals surface area contributed by atoms with Crippen LogP contribution in [0, 0.1) is 10.1 Å². The summed E-state index contributed by atoms with van der Waals surface area (Å²) in [6, 6.07) is 8.45. The number of nitro benzene ring substituents is 1. The number of benzene rings is 2. The molecule has 156 valence electrons. The second-order valence-corrected chi connectivity index (χ2v) is 7.48. The van der Waals surface area contributed by atoms with E-state index in [9.17, 15) is 24.5 Å².